The number of ether oxygens (including phenoxy) is 1. The minimum atomic E-state index is -0.960. The molecule has 1 aliphatic heterocycles. The number of cyclic esters (lactones) is 1. The molecule has 4 rings (SSSR count). The number of phenolic OH excluding ortho intramolecular Hbond substituents is 4. The van der Waals surface area contributed by atoms with E-state index in [1.165, 1.54) is 0 Å². The summed E-state index contributed by atoms with van der Waals surface area (Å²) in [6, 6.07) is 2.93. The fourth-order valence-corrected chi connectivity index (χ4v) is 3.48. The number of fused-ring (bicyclic) bond motifs is 2. The SMILES string of the molecule is O=C1c2cc(O)cc(O)c2C(=O)c2c1cc(O)c(C1CCOC1=O)c2O. The van der Waals surface area contributed by atoms with E-state index in [0.717, 1.165) is 18.2 Å². The molecule has 132 valence electrons. The zero-order valence-corrected chi connectivity index (χ0v) is 13.1. The van der Waals surface area contributed by atoms with Crippen molar-refractivity contribution in [2.45, 2.75) is 12.3 Å². The van der Waals surface area contributed by atoms with E-state index < -0.39 is 52.0 Å². The van der Waals surface area contributed by atoms with E-state index in [2.05, 4.69) is 0 Å². The van der Waals surface area contributed by atoms with Crippen molar-refractivity contribution in [1.82, 2.24) is 0 Å². The van der Waals surface area contributed by atoms with Crippen LogP contribution in [-0.4, -0.2) is 44.6 Å². The third-order valence-corrected chi connectivity index (χ3v) is 4.65. The second-order valence-electron chi connectivity index (χ2n) is 6.13. The monoisotopic (exact) mass is 356 g/mol. The van der Waals surface area contributed by atoms with Crippen LogP contribution in [0, 0.1) is 0 Å². The highest BCUT2D eigenvalue weighted by Crippen LogP contribution is 2.46. The molecular weight excluding hydrogens is 344 g/mol. The summed E-state index contributed by atoms with van der Waals surface area (Å²) in [6.45, 7) is 0.106. The molecule has 1 saturated heterocycles. The summed E-state index contributed by atoms with van der Waals surface area (Å²) in [5.41, 5.74) is -1.48. The molecule has 0 aromatic heterocycles. The van der Waals surface area contributed by atoms with Gasteiger partial charge in [-0.3, -0.25) is 14.4 Å². The maximum atomic E-state index is 12.8. The predicted molar refractivity (Wildman–Crippen MR) is 84.7 cm³/mol. The molecule has 2 aromatic rings. The summed E-state index contributed by atoms with van der Waals surface area (Å²) in [7, 11) is 0. The van der Waals surface area contributed by atoms with Crippen LogP contribution < -0.4 is 0 Å². The first-order chi connectivity index (χ1) is 12.3. The number of aromatic hydroxyl groups is 4. The maximum Gasteiger partial charge on any atom is 0.313 e. The zero-order valence-electron chi connectivity index (χ0n) is 13.1. The Bertz CT molecular complexity index is 1020. The van der Waals surface area contributed by atoms with Crippen molar-refractivity contribution < 1.29 is 39.5 Å². The Morgan fingerprint density at radius 3 is 2.19 bits per heavy atom. The Hall–Kier alpha value is -3.55. The molecule has 2 aromatic carbocycles. The van der Waals surface area contributed by atoms with Crippen LogP contribution in [0.1, 0.15) is 49.7 Å². The first-order valence-electron chi connectivity index (χ1n) is 7.72. The van der Waals surface area contributed by atoms with Gasteiger partial charge in [0.1, 0.15) is 23.0 Å². The van der Waals surface area contributed by atoms with Crippen molar-refractivity contribution in [3.8, 4) is 23.0 Å². The lowest BCUT2D eigenvalue weighted by atomic mass is 9.80. The van der Waals surface area contributed by atoms with Gasteiger partial charge in [-0.2, -0.15) is 0 Å². The Labute approximate surface area is 145 Å². The molecule has 1 aliphatic carbocycles. The Morgan fingerprint density at radius 1 is 0.846 bits per heavy atom. The van der Waals surface area contributed by atoms with Crippen LogP contribution in [0.5, 0.6) is 23.0 Å². The highest BCUT2D eigenvalue weighted by Gasteiger charge is 2.40. The van der Waals surface area contributed by atoms with Gasteiger partial charge in [0.25, 0.3) is 0 Å². The van der Waals surface area contributed by atoms with Crippen LogP contribution in [0.4, 0.5) is 0 Å². The Morgan fingerprint density at radius 2 is 1.54 bits per heavy atom. The van der Waals surface area contributed by atoms with E-state index in [9.17, 15) is 34.8 Å². The fraction of sp³-hybridized carbons (Fsp3) is 0.167. The van der Waals surface area contributed by atoms with Crippen LogP contribution in [0.2, 0.25) is 0 Å². The molecule has 0 amide bonds. The van der Waals surface area contributed by atoms with Crippen molar-refractivity contribution in [1.29, 1.82) is 0 Å². The largest absolute Gasteiger partial charge is 0.508 e. The number of rotatable bonds is 1. The van der Waals surface area contributed by atoms with Gasteiger partial charge in [-0.05, 0) is 18.6 Å². The third kappa shape index (κ3) is 1.98. The molecule has 1 unspecified atom stereocenters. The van der Waals surface area contributed by atoms with Crippen LogP contribution in [0.25, 0.3) is 0 Å². The average Bonchev–Trinajstić information content (AvgIpc) is 2.97. The molecule has 0 radical (unpaired) electrons. The summed E-state index contributed by atoms with van der Waals surface area (Å²) in [5, 5.41) is 40.4. The summed E-state index contributed by atoms with van der Waals surface area (Å²) < 4.78 is 4.83. The number of carbonyl (C=O) groups is 3. The first-order valence-corrected chi connectivity index (χ1v) is 7.72. The minimum Gasteiger partial charge on any atom is -0.508 e. The van der Waals surface area contributed by atoms with Gasteiger partial charge >= 0.3 is 5.97 Å². The smallest absolute Gasteiger partial charge is 0.313 e. The fourth-order valence-electron chi connectivity index (χ4n) is 3.48. The second kappa shape index (κ2) is 5.22. The molecule has 8 heteroatoms. The van der Waals surface area contributed by atoms with Crippen molar-refractivity contribution in [3.63, 3.8) is 0 Å². The quantitative estimate of drug-likeness (QED) is 0.478. The van der Waals surface area contributed by atoms with Crippen molar-refractivity contribution in [2.24, 2.45) is 0 Å². The number of esters is 1. The molecule has 1 heterocycles. The van der Waals surface area contributed by atoms with Gasteiger partial charge in [0.05, 0.1) is 29.2 Å². The van der Waals surface area contributed by atoms with Gasteiger partial charge in [-0.25, -0.2) is 0 Å². The number of carbonyl (C=O) groups excluding carboxylic acids is 3. The van der Waals surface area contributed by atoms with Crippen LogP contribution in [0.15, 0.2) is 18.2 Å². The van der Waals surface area contributed by atoms with Gasteiger partial charge in [0.2, 0.25) is 5.78 Å². The summed E-state index contributed by atoms with van der Waals surface area (Å²) in [5.74, 6) is -5.46. The molecule has 0 spiro atoms. The number of ketones is 2. The molecule has 2 aliphatic rings. The Balaban J connectivity index is 1.99. The minimum absolute atomic E-state index is 0.106. The number of benzene rings is 2. The molecule has 4 N–H and O–H groups in total. The van der Waals surface area contributed by atoms with Gasteiger partial charge in [-0.15, -0.1) is 0 Å². The van der Waals surface area contributed by atoms with E-state index >= 15 is 0 Å². The molecule has 0 saturated carbocycles. The highest BCUT2D eigenvalue weighted by atomic mass is 16.5. The molecule has 26 heavy (non-hydrogen) atoms. The standard InChI is InChI=1S/C18H12O8/c19-6-3-8-13(10(20)4-6)17(24)14-9(15(8)22)5-11(21)12(16(14)23)7-1-2-26-18(7)25/h3-5,7,19-21,23H,1-2H2. The summed E-state index contributed by atoms with van der Waals surface area (Å²) in [4.78, 5) is 37.3. The normalized spacial score (nSPS) is 18.5. The van der Waals surface area contributed by atoms with Crippen molar-refractivity contribution >= 4 is 17.5 Å². The molecule has 8 nitrogen and oxygen atoms in total. The number of hydrogen-bond donors (Lipinski definition) is 4. The third-order valence-electron chi connectivity index (χ3n) is 4.65. The zero-order chi connectivity index (χ0) is 18.7. The maximum absolute atomic E-state index is 12.8. The molecule has 1 atom stereocenters. The van der Waals surface area contributed by atoms with Crippen molar-refractivity contribution in [3.05, 3.63) is 46.0 Å². The first kappa shape index (κ1) is 15.9. The van der Waals surface area contributed by atoms with E-state index in [1.807, 2.05) is 0 Å². The lowest BCUT2D eigenvalue weighted by molar-refractivity contribution is -0.139. The van der Waals surface area contributed by atoms with Gasteiger partial charge < -0.3 is 25.2 Å². The predicted octanol–water partition coefficient (Wildman–Crippen LogP) is 1.31. The van der Waals surface area contributed by atoms with Gasteiger partial charge in [0.15, 0.2) is 5.78 Å². The van der Waals surface area contributed by atoms with Crippen LogP contribution in [0.3, 0.4) is 0 Å². The summed E-state index contributed by atoms with van der Waals surface area (Å²) >= 11 is 0. The van der Waals surface area contributed by atoms with E-state index in [4.69, 9.17) is 4.74 Å². The van der Waals surface area contributed by atoms with E-state index in [1.54, 1.807) is 0 Å². The number of hydrogen-bond acceptors (Lipinski definition) is 8. The lowest BCUT2D eigenvalue weighted by Gasteiger charge is -2.22. The molecule has 1 fully saturated rings. The van der Waals surface area contributed by atoms with Crippen LogP contribution >= 0.6 is 0 Å². The summed E-state index contributed by atoms with van der Waals surface area (Å²) in [6.07, 6.45) is 0.205. The average molecular weight is 356 g/mol. The Kier molecular flexibility index (Phi) is 3.20. The second-order valence-corrected chi connectivity index (χ2v) is 6.13. The topological polar surface area (TPSA) is 141 Å². The van der Waals surface area contributed by atoms with Crippen LogP contribution in [-0.2, 0) is 9.53 Å². The molecular formula is C18H12O8. The lowest BCUT2D eigenvalue weighted by Crippen LogP contribution is -2.22. The number of phenols is 4. The molecule has 0 bridgehead atoms. The van der Waals surface area contributed by atoms with Gasteiger partial charge in [0, 0.05) is 17.2 Å². The van der Waals surface area contributed by atoms with E-state index in [0.29, 0.717) is 0 Å². The van der Waals surface area contributed by atoms with Crippen molar-refractivity contribution in [2.75, 3.05) is 6.61 Å². The van der Waals surface area contributed by atoms with E-state index in [-0.39, 0.29) is 35.3 Å². The highest BCUT2D eigenvalue weighted by molar-refractivity contribution is 6.30. The van der Waals surface area contributed by atoms with Gasteiger partial charge in [-0.1, -0.05) is 0 Å².